The van der Waals surface area contributed by atoms with Gasteiger partial charge in [0.05, 0.1) is 29.9 Å². The van der Waals surface area contributed by atoms with Crippen molar-refractivity contribution in [3.05, 3.63) is 45.9 Å². The summed E-state index contributed by atoms with van der Waals surface area (Å²) in [5.74, 6) is 3.30. The van der Waals surface area contributed by atoms with Crippen LogP contribution in [0.5, 0.6) is 11.5 Å². The number of benzene rings is 2. The molecule has 1 aromatic heterocycles. The summed E-state index contributed by atoms with van der Waals surface area (Å²) < 4.78 is 27.0. The Labute approximate surface area is 218 Å². The normalized spacial score (nSPS) is 21.9. The van der Waals surface area contributed by atoms with Gasteiger partial charge in [0.2, 0.25) is 0 Å². The Hall–Kier alpha value is -2.16. The first-order chi connectivity index (χ1) is 17.0. The molecule has 2 fully saturated rings. The van der Waals surface area contributed by atoms with Gasteiger partial charge in [-0.15, -0.1) is 0 Å². The van der Waals surface area contributed by atoms with Gasteiger partial charge in [-0.3, -0.25) is 0 Å². The Morgan fingerprint density at radius 3 is 2.66 bits per heavy atom. The number of fused-ring (bicyclic) bond motifs is 2. The summed E-state index contributed by atoms with van der Waals surface area (Å²) in [6, 6.07) is 6.98. The number of ether oxygens (including phenoxy) is 2. The molecule has 1 aliphatic carbocycles. The van der Waals surface area contributed by atoms with Gasteiger partial charge in [-0.1, -0.05) is 18.5 Å². The standard InChI is InChI=1S/C26H29BrClFN4O2/c1-3-6-33-11-16-7-15(8-17(16)12-33)13-35-23-10-21-18(9-22(23)34-2)26(31-14-30-21)32-20-5-4-19(27)24(28)25(20)29/h4-5,9-10,14-17H,3,6-8,11-13H2,1-2H3,(H,30,31,32)/t15?,16-,17+. The van der Waals surface area contributed by atoms with E-state index in [4.69, 9.17) is 21.1 Å². The van der Waals surface area contributed by atoms with E-state index in [-0.39, 0.29) is 10.7 Å². The van der Waals surface area contributed by atoms with Crippen molar-refractivity contribution in [3.63, 3.8) is 0 Å². The van der Waals surface area contributed by atoms with E-state index < -0.39 is 5.82 Å². The Balaban J connectivity index is 1.32. The number of nitrogens with one attached hydrogen (secondary N) is 1. The minimum absolute atomic E-state index is 0.00996. The summed E-state index contributed by atoms with van der Waals surface area (Å²) in [4.78, 5) is 11.3. The first kappa shape index (κ1) is 24.5. The van der Waals surface area contributed by atoms with E-state index in [9.17, 15) is 4.39 Å². The lowest BCUT2D eigenvalue weighted by molar-refractivity contribution is 0.222. The van der Waals surface area contributed by atoms with Crippen LogP contribution in [0.25, 0.3) is 10.9 Å². The molecule has 6 nitrogen and oxygen atoms in total. The second kappa shape index (κ2) is 10.4. The Bertz CT molecular complexity index is 1220. The summed E-state index contributed by atoms with van der Waals surface area (Å²) in [6.07, 6.45) is 5.11. The molecule has 1 N–H and O–H groups in total. The van der Waals surface area contributed by atoms with E-state index in [1.165, 1.54) is 45.2 Å². The molecule has 35 heavy (non-hydrogen) atoms. The lowest BCUT2D eigenvalue weighted by atomic mass is 10.0. The highest BCUT2D eigenvalue weighted by Gasteiger charge is 2.40. The number of hydrogen-bond acceptors (Lipinski definition) is 6. The minimum atomic E-state index is -0.557. The van der Waals surface area contributed by atoms with Crippen molar-refractivity contribution in [3.8, 4) is 11.5 Å². The van der Waals surface area contributed by atoms with E-state index in [0.29, 0.717) is 45.2 Å². The molecule has 2 heterocycles. The SMILES string of the molecule is CCCN1C[C@H]2CC(COc3cc4ncnc(Nc5ccc(Br)c(Cl)c5F)c4cc3OC)C[C@H]2C1. The molecule has 3 aromatic rings. The summed E-state index contributed by atoms with van der Waals surface area (Å²) in [6.45, 7) is 6.58. The van der Waals surface area contributed by atoms with Gasteiger partial charge in [0.25, 0.3) is 0 Å². The molecule has 2 aromatic carbocycles. The summed E-state index contributed by atoms with van der Waals surface area (Å²) in [7, 11) is 1.61. The lowest BCUT2D eigenvalue weighted by Gasteiger charge is -2.19. The number of halogens is 3. The van der Waals surface area contributed by atoms with Crippen LogP contribution < -0.4 is 14.8 Å². The summed E-state index contributed by atoms with van der Waals surface area (Å²) in [5.41, 5.74) is 0.905. The van der Waals surface area contributed by atoms with E-state index in [1.807, 2.05) is 12.1 Å². The van der Waals surface area contributed by atoms with E-state index in [1.54, 1.807) is 19.2 Å². The molecule has 1 saturated carbocycles. The first-order valence-electron chi connectivity index (χ1n) is 12.0. The van der Waals surface area contributed by atoms with Gasteiger partial charge in [0.15, 0.2) is 17.3 Å². The summed E-state index contributed by atoms with van der Waals surface area (Å²) in [5, 5.41) is 3.74. The number of aromatic nitrogens is 2. The average Bonchev–Trinajstić information content (AvgIpc) is 3.41. The van der Waals surface area contributed by atoms with E-state index in [0.717, 1.165) is 11.8 Å². The number of methoxy groups -OCH3 is 1. The predicted octanol–water partition coefficient (Wildman–Crippen LogP) is 6.68. The molecule has 3 atom stereocenters. The fourth-order valence-electron chi connectivity index (χ4n) is 5.55. The predicted molar refractivity (Wildman–Crippen MR) is 140 cm³/mol. The van der Waals surface area contributed by atoms with Crippen LogP contribution in [-0.2, 0) is 0 Å². The molecular formula is C26H29BrClFN4O2. The molecule has 1 saturated heterocycles. The largest absolute Gasteiger partial charge is 0.493 e. The van der Waals surface area contributed by atoms with Crippen molar-refractivity contribution in [2.45, 2.75) is 26.2 Å². The van der Waals surface area contributed by atoms with Crippen LogP contribution >= 0.6 is 27.5 Å². The Morgan fingerprint density at radius 2 is 1.94 bits per heavy atom. The zero-order chi connectivity index (χ0) is 24.5. The Morgan fingerprint density at radius 1 is 1.17 bits per heavy atom. The number of hydrogen-bond donors (Lipinski definition) is 1. The van der Waals surface area contributed by atoms with Gasteiger partial charge < -0.3 is 19.7 Å². The molecule has 9 heteroatoms. The molecule has 1 unspecified atom stereocenters. The topological polar surface area (TPSA) is 59.5 Å². The fraction of sp³-hybridized carbons (Fsp3) is 0.462. The summed E-state index contributed by atoms with van der Waals surface area (Å²) >= 11 is 9.28. The van der Waals surface area contributed by atoms with Crippen LogP contribution in [0.2, 0.25) is 5.02 Å². The van der Waals surface area contributed by atoms with Crippen LogP contribution in [0.1, 0.15) is 26.2 Å². The van der Waals surface area contributed by atoms with Crippen molar-refractivity contribution >= 4 is 49.9 Å². The van der Waals surface area contributed by atoms with Gasteiger partial charge in [0, 0.05) is 29.0 Å². The average molecular weight is 564 g/mol. The van der Waals surface area contributed by atoms with Crippen molar-refractivity contribution in [1.29, 1.82) is 0 Å². The highest BCUT2D eigenvalue weighted by molar-refractivity contribution is 9.10. The Kier molecular flexibility index (Phi) is 7.32. The quantitative estimate of drug-likeness (QED) is 0.308. The molecule has 5 rings (SSSR count). The second-order valence-electron chi connectivity index (χ2n) is 9.52. The van der Waals surface area contributed by atoms with Crippen molar-refractivity contribution < 1.29 is 13.9 Å². The smallest absolute Gasteiger partial charge is 0.166 e. The van der Waals surface area contributed by atoms with Gasteiger partial charge >= 0.3 is 0 Å². The maximum Gasteiger partial charge on any atom is 0.166 e. The highest BCUT2D eigenvalue weighted by Crippen LogP contribution is 2.42. The monoisotopic (exact) mass is 562 g/mol. The van der Waals surface area contributed by atoms with Crippen LogP contribution in [-0.4, -0.2) is 48.2 Å². The molecule has 0 bridgehead atoms. The fourth-order valence-corrected chi connectivity index (χ4v) is 6.02. The maximum absolute atomic E-state index is 14.6. The van der Waals surface area contributed by atoms with Crippen LogP contribution in [0.4, 0.5) is 15.9 Å². The molecule has 0 spiro atoms. The van der Waals surface area contributed by atoms with Gasteiger partial charge in [-0.05, 0) is 77.7 Å². The number of nitrogens with zero attached hydrogens (tertiary/aromatic N) is 3. The van der Waals surface area contributed by atoms with Gasteiger partial charge in [-0.2, -0.15) is 0 Å². The van der Waals surface area contributed by atoms with Crippen LogP contribution in [0, 0.1) is 23.6 Å². The third kappa shape index (κ3) is 5.06. The number of rotatable bonds is 8. The first-order valence-corrected chi connectivity index (χ1v) is 13.2. The number of likely N-dealkylation sites (tertiary alicyclic amines) is 1. The van der Waals surface area contributed by atoms with Crippen LogP contribution in [0.15, 0.2) is 35.1 Å². The highest BCUT2D eigenvalue weighted by atomic mass is 79.9. The third-order valence-electron chi connectivity index (χ3n) is 7.15. The van der Waals surface area contributed by atoms with Crippen molar-refractivity contribution in [2.75, 3.05) is 38.7 Å². The number of anilines is 2. The molecule has 186 valence electrons. The van der Waals surface area contributed by atoms with Gasteiger partial charge in [-0.25, -0.2) is 14.4 Å². The van der Waals surface area contributed by atoms with E-state index >= 15 is 0 Å². The third-order valence-corrected chi connectivity index (χ3v) is 8.41. The molecule has 0 amide bonds. The van der Waals surface area contributed by atoms with Crippen molar-refractivity contribution in [2.24, 2.45) is 17.8 Å². The van der Waals surface area contributed by atoms with Gasteiger partial charge in [0.1, 0.15) is 12.1 Å². The molecule has 2 aliphatic rings. The zero-order valence-corrected chi connectivity index (χ0v) is 22.2. The van der Waals surface area contributed by atoms with Crippen molar-refractivity contribution in [1.82, 2.24) is 14.9 Å². The van der Waals surface area contributed by atoms with E-state index in [2.05, 4.69) is 43.0 Å². The van der Waals surface area contributed by atoms with Crippen LogP contribution in [0.3, 0.4) is 0 Å². The molecular weight excluding hydrogens is 535 g/mol. The zero-order valence-electron chi connectivity index (χ0n) is 19.9. The lowest BCUT2D eigenvalue weighted by Crippen LogP contribution is -2.24. The minimum Gasteiger partial charge on any atom is -0.493 e. The maximum atomic E-state index is 14.6. The second-order valence-corrected chi connectivity index (χ2v) is 10.8. The molecule has 0 radical (unpaired) electrons. The molecule has 1 aliphatic heterocycles.